The van der Waals surface area contributed by atoms with E-state index in [1.54, 1.807) is 6.07 Å². The number of aryl methyl sites for hydroxylation is 3. The van der Waals surface area contributed by atoms with Gasteiger partial charge in [-0.3, -0.25) is 4.90 Å². The predicted molar refractivity (Wildman–Crippen MR) is 110 cm³/mol. The van der Waals surface area contributed by atoms with E-state index in [2.05, 4.69) is 42.2 Å². The zero-order chi connectivity index (χ0) is 19.3. The topological polar surface area (TPSA) is 42.7 Å². The van der Waals surface area contributed by atoms with Crippen molar-refractivity contribution in [2.24, 2.45) is 0 Å². The van der Waals surface area contributed by atoms with Crippen LogP contribution < -0.4 is 10.4 Å². The Morgan fingerprint density at radius 3 is 2.89 bits per heavy atom. The Morgan fingerprint density at radius 1 is 1.18 bits per heavy atom. The highest BCUT2D eigenvalue weighted by atomic mass is 16.5. The van der Waals surface area contributed by atoms with Crippen LogP contribution in [0.1, 0.15) is 53.6 Å². The van der Waals surface area contributed by atoms with Gasteiger partial charge >= 0.3 is 5.63 Å². The second kappa shape index (κ2) is 6.78. The smallest absolute Gasteiger partial charge is 0.336 e. The van der Waals surface area contributed by atoms with Crippen molar-refractivity contribution in [2.75, 3.05) is 6.73 Å². The summed E-state index contributed by atoms with van der Waals surface area (Å²) in [4.78, 5) is 14.4. The van der Waals surface area contributed by atoms with Gasteiger partial charge in [-0.25, -0.2) is 4.79 Å². The van der Waals surface area contributed by atoms with Crippen LogP contribution in [0.4, 0.5) is 0 Å². The van der Waals surface area contributed by atoms with Crippen LogP contribution in [0.25, 0.3) is 11.0 Å². The second-order valence-electron chi connectivity index (χ2n) is 7.94. The number of hydrogen-bond donors (Lipinski definition) is 0. The van der Waals surface area contributed by atoms with E-state index in [0.717, 1.165) is 41.6 Å². The van der Waals surface area contributed by atoms with Crippen molar-refractivity contribution >= 4 is 11.0 Å². The Morgan fingerprint density at radius 2 is 2.04 bits per heavy atom. The van der Waals surface area contributed by atoms with Crippen molar-refractivity contribution in [3.63, 3.8) is 0 Å². The van der Waals surface area contributed by atoms with Gasteiger partial charge in [-0.15, -0.1) is 0 Å². The Hall–Kier alpha value is -2.59. The van der Waals surface area contributed by atoms with Crippen LogP contribution in [0.5, 0.6) is 5.75 Å². The van der Waals surface area contributed by atoms with Crippen LogP contribution in [0, 0.1) is 6.92 Å². The van der Waals surface area contributed by atoms with E-state index in [4.69, 9.17) is 9.15 Å². The lowest BCUT2D eigenvalue weighted by Crippen LogP contribution is -2.37. The first-order valence-electron chi connectivity index (χ1n) is 10.2. The van der Waals surface area contributed by atoms with E-state index >= 15 is 0 Å². The molecule has 0 N–H and O–H groups in total. The van der Waals surface area contributed by atoms with Crippen molar-refractivity contribution in [1.82, 2.24) is 4.90 Å². The summed E-state index contributed by atoms with van der Waals surface area (Å²) < 4.78 is 11.8. The summed E-state index contributed by atoms with van der Waals surface area (Å²) in [5.74, 6) is 0.879. The van der Waals surface area contributed by atoms with Gasteiger partial charge in [0.05, 0.1) is 0 Å². The van der Waals surface area contributed by atoms with Crippen molar-refractivity contribution in [3.05, 3.63) is 74.6 Å². The molecule has 144 valence electrons. The minimum absolute atomic E-state index is 0.288. The highest BCUT2D eigenvalue weighted by molar-refractivity contribution is 5.86. The van der Waals surface area contributed by atoms with Gasteiger partial charge in [0.15, 0.2) is 0 Å². The first kappa shape index (κ1) is 17.5. The number of rotatable bonds is 2. The van der Waals surface area contributed by atoms with Crippen molar-refractivity contribution < 1.29 is 9.15 Å². The van der Waals surface area contributed by atoms with Crippen LogP contribution in [0.3, 0.4) is 0 Å². The Bertz CT molecular complexity index is 1110. The SMILES string of the molecule is CCc1cc(=O)oc2c(C)c3c(cc12)CN([C@H]1CCCc2ccccc21)CO3. The zero-order valence-corrected chi connectivity index (χ0v) is 16.5. The van der Waals surface area contributed by atoms with Crippen LogP contribution >= 0.6 is 0 Å². The molecule has 0 radical (unpaired) electrons. The summed E-state index contributed by atoms with van der Waals surface area (Å²) in [6, 6.07) is 13.0. The summed E-state index contributed by atoms with van der Waals surface area (Å²) in [6.07, 6.45) is 4.35. The average Bonchev–Trinajstić information content (AvgIpc) is 2.73. The van der Waals surface area contributed by atoms with Gasteiger partial charge in [-0.1, -0.05) is 31.2 Å². The minimum atomic E-state index is -0.288. The molecule has 5 rings (SSSR count). The van der Waals surface area contributed by atoms with Crippen LogP contribution in [-0.4, -0.2) is 11.6 Å². The van der Waals surface area contributed by atoms with Gasteiger partial charge in [0.2, 0.25) is 0 Å². The molecule has 0 unspecified atom stereocenters. The average molecular weight is 375 g/mol. The molecular weight excluding hydrogens is 350 g/mol. The molecule has 0 fully saturated rings. The van der Waals surface area contributed by atoms with Crippen LogP contribution in [0.2, 0.25) is 0 Å². The Kier molecular flexibility index (Phi) is 4.24. The van der Waals surface area contributed by atoms with Crippen molar-refractivity contribution in [1.29, 1.82) is 0 Å². The fraction of sp³-hybridized carbons (Fsp3) is 0.375. The van der Waals surface area contributed by atoms with E-state index in [9.17, 15) is 4.79 Å². The molecule has 0 saturated heterocycles. The highest BCUT2D eigenvalue weighted by Gasteiger charge is 2.30. The Labute approximate surface area is 164 Å². The monoisotopic (exact) mass is 375 g/mol. The standard InChI is InChI=1S/C24H25NO3/c1-3-16-12-22(26)28-24-15(2)23-18(11-20(16)24)13-25(14-27-23)21-10-6-8-17-7-4-5-9-19(17)21/h4-5,7,9,11-12,21H,3,6,8,10,13-14H2,1-2H3/t21-/m0/s1. The lowest BCUT2D eigenvalue weighted by atomic mass is 9.86. The molecule has 4 nitrogen and oxygen atoms in total. The predicted octanol–water partition coefficient (Wildman–Crippen LogP) is 4.89. The highest BCUT2D eigenvalue weighted by Crippen LogP contribution is 2.40. The van der Waals surface area contributed by atoms with Gasteiger partial charge in [-0.2, -0.15) is 0 Å². The molecule has 1 aliphatic carbocycles. The summed E-state index contributed by atoms with van der Waals surface area (Å²) in [7, 11) is 0. The summed E-state index contributed by atoms with van der Waals surface area (Å²) in [5, 5.41) is 1.04. The third-order valence-corrected chi connectivity index (χ3v) is 6.28. The van der Waals surface area contributed by atoms with E-state index in [1.165, 1.54) is 29.5 Å². The number of nitrogens with zero attached hydrogens (tertiary/aromatic N) is 1. The van der Waals surface area contributed by atoms with E-state index in [1.807, 2.05) is 6.92 Å². The maximum atomic E-state index is 11.9. The van der Waals surface area contributed by atoms with Crippen molar-refractivity contribution in [3.8, 4) is 5.75 Å². The normalized spacial score (nSPS) is 19.1. The maximum Gasteiger partial charge on any atom is 0.336 e. The van der Waals surface area contributed by atoms with Crippen molar-refractivity contribution in [2.45, 2.75) is 52.1 Å². The summed E-state index contributed by atoms with van der Waals surface area (Å²) in [6.45, 7) is 5.49. The molecule has 2 heterocycles. The van der Waals surface area contributed by atoms with Gasteiger partial charge in [-0.05, 0) is 55.4 Å². The molecule has 28 heavy (non-hydrogen) atoms. The minimum Gasteiger partial charge on any atom is -0.477 e. The van der Waals surface area contributed by atoms with Gasteiger partial charge in [0, 0.05) is 35.2 Å². The van der Waals surface area contributed by atoms with E-state index in [-0.39, 0.29) is 5.63 Å². The quantitative estimate of drug-likeness (QED) is 0.598. The third-order valence-electron chi connectivity index (χ3n) is 6.28. The largest absolute Gasteiger partial charge is 0.477 e. The molecule has 0 saturated carbocycles. The molecule has 0 spiro atoms. The van der Waals surface area contributed by atoms with E-state index in [0.29, 0.717) is 18.4 Å². The van der Waals surface area contributed by atoms with Gasteiger partial charge in [0.1, 0.15) is 18.1 Å². The second-order valence-corrected chi connectivity index (χ2v) is 7.94. The first-order valence-corrected chi connectivity index (χ1v) is 10.2. The summed E-state index contributed by atoms with van der Waals surface area (Å²) >= 11 is 0. The van der Waals surface area contributed by atoms with E-state index < -0.39 is 0 Å². The fourth-order valence-corrected chi connectivity index (χ4v) is 4.90. The van der Waals surface area contributed by atoms with Crippen LogP contribution in [0.15, 0.2) is 45.6 Å². The van der Waals surface area contributed by atoms with Gasteiger partial charge in [0.25, 0.3) is 0 Å². The molecule has 1 atom stereocenters. The Balaban J connectivity index is 1.57. The molecule has 1 aliphatic heterocycles. The zero-order valence-electron chi connectivity index (χ0n) is 16.5. The lowest BCUT2D eigenvalue weighted by molar-refractivity contribution is 0.0475. The van der Waals surface area contributed by atoms with Gasteiger partial charge < -0.3 is 9.15 Å². The lowest BCUT2D eigenvalue weighted by Gasteiger charge is -2.39. The molecule has 2 aliphatic rings. The molecular formula is C24H25NO3. The maximum absolute atomic E-state index is 11.9. The number of ether oxygens (including phenoxy) is 1. The number of hydrogen-bond acceptors (Lipinski definition) is 4. The first-order chi connectivity index (χ1) is 13.7. The molecule has 2 aromatic carbocycles. The third kappa shape index (κ3) is 2.75. The summed E-state index contributed by atoms with van der Waals surface area (Å²) in [5.41, 5.74) is 6.44. The molecule has 3 aromatic rings. The molecule has 1 aromatic heterocycles. The molecule has 0 amide bonds. The number of fused-ring (bicyclic) bond motifs is 3. The van der Waals surface area contributed by atoms with Crippen LogP contribution in [-0.2, 0) is 19.4 Å². The fourth-order valence-electron chi connectivity index (χ4n) is 4.90. The molecule has 4 heteroatoms. The number of benzene rings is 2. The molecule has 0 bridgehead atoms.